The molecule has 1 aromatic heterocycles. The van der Waals surface area contributed by atoms with E-state index >= 15 is 0 Å². The normalized spacial score (nSPS) is 10.9. The molecule has 0 bridgehead atoms. The molecule has 0 unspecified atom stereocenters. The van der Waals surface area contributed by atoms with Crippen LogP contribution in [0, 0.1) is 0 Å². The van der Waals surface area contributed by atoms with Gasteiger partial charge in [0.1, 0.15) is 0 Å². The second kappa shape index (κ2) is 7.49. The van der Waals surface area contributed by atoms with Crippen molar-refractivity contribution in [3.63, 3.8) is 0 Å². The molecule has 0 aliphatic rings. The number of hydrogen-bond donors (Lipinski definition) is 1. The largest absolute Gasteiger partial charge is 0.347 e. The minimum Gasteiger partial charge on any atom is -0.347 e. The van der Waals surface area contributed by atoms with E-state index in [-0.39, 0.29) is 11.9 Å². The van der Waals surface area contributed by atoms with Gasteiger partial charge in [0.25, 0.3) is 5.91 Å². The summed E-state index contributed by atoms with van der Waals surface area (Å²) in [6.45, 7) is 4.41. The predicted molar refractivity (Wildman–Crippen MR) is 98.5 cm³/mol. The molecule has 0 saturated heterocycles. The Labute approximate surface area is 151 Å². The van der Waals surface area contributed by atoms with Gasteiger partial charge in [0.15, 0.2) is 5.69 Å². The Balaban J connectivity index is 1.61. The molecule has 6 heteroatoms. The average Bonchev–Trinajstić information content (AvgIpc) is 3.11. The molecule has 0 atom stereocenters. The maximum absolute atomic E-state index is 12.1. The van der Waals surface area contributed by atoms with Gasteiger partial charge in [0, 0.05) is 17.6 Å². The Hall–Kier alpha value is -2.66. The molecule has 1 heterocycles. The molecule has 0 fully saturated rings. The first-order valence-electron chi connectivity index (χ1n) is 8.08. The number of carbonyl (C=O) groups is 1. The van der Waals surface area contributed by atoms with Crippen LogP contribution in [0.4, 0.5) is 0 Å². The van der Waals surface area contributed by atoms with Gasteiger partial charge >= 0.3 is 0 Å². The molecule has 128 valence electrons. The summed E-state index contributed by atoms with van der Waals surface area (Å²) in [6.07, 6.45) is 1.66. The van der Waals surface area contributed by atoms with Crippen LogP contribution in [-0.2, 0) is 6.54 Å². The third-order valence-electron chi connectivity index (χ3n) is 3.86. The third kappa shape index (κ3) is 4.25. The van der Waals surface area contributed by atoms with Crippen molar-refractivity contribution in [2.45, 2.75) is 26.4 Å². The van der Waals surface area contributed by atoms with Gasteiger partial charge in [-0.25, -0.2) is 4.68 Å². The van der Waals surface area contributed by atoms with E-state index in [4.69, 9.17) is 11.6 Å². The van der Waals surface area contributed by atoms with Gasteiger partial charge in [-0.1, -0.05) is 53.2 Å². The van der Waals surface area contributed by atoms with E-state index in [1.165, 1.54) is 0 Å². The van der Waals surface area contributed by atoms with Crippen LogP contribution in [0.2, 0.25) is 5.02 Å². The van der Waals surface area contributed by atoms with Crippen LogP contribution in [0.3, 0.4) is 0 Å². The Morgan fingerprint density at radius 3 is 2.24 bits per heavy atom. The van der Waals surface area contributed by atoms with Crippen LogP contribution in [0.1, 0.15) is 35.9 Å². The molecule has 3 rings (SSSR count). The van der Waals surface area contributed by atoms with Crippen molar-refractivity contribution in [1.29, 1.82) is 0 Å². The van der Waals surface area contributed by atoms with E-state index in [1.54, 1.807) is 10.9 Å². The molecule has 0 aliphatic carbocycles. The number of rotatable bonds is 5. The van der Waals surface area contributed by atoms with Crippen molar-refractivity contribution in [3.05, 3.63) is 71.0 Å². The molecule has 0 aliphatic heterocycles. The highest BCUT2D eigenvalue weighted by Gasteiger charge is 2.11. The monoisotopic (exact) mass is 354 g/mol. The Bertz CT molecular complexity index is 854. The SMILES string of the molecule is CC(C)n1cc(C(=O)NCc2ccc(-c3ccc(Cl)cc3)cc2)nn1. The van der Waals surface area contributed by atoms with Crippen molar-refractivity contribution in [3.8, 4) is 11.1 Å². The summed E-state index contributed by atoms with van der Waals surface area (Å²) in [5.41, 5.74) is 3.55. The molecule has 0 saturated carbocycles. The van der Waals surface area contributed by atoms with Crippen LogP contribution in [0.5, 0.6) is 0 Å². The van der Waals surface area contributed by atoms with Gasteiger partial charge in [0.2, 0.25) is 0 Å². The first kappa shape index (κ1) is 17.2. The highest BCUT2D eigenvalue weighted by Crippen LogP contribution is 2.21. The van der Waals surface area contributed by atoms with Crippen molar-refractivity contribution in [1.82, 2.24) is 20.3 Å². The first-order chi connectivity index (χ1) is 12.0. The minimum absolute atomic E-state index is 0.175. The lowest BCUT2D eigenvalue weighted by molar-refractivity contribution is 0.0946. The fourth-order valence-electron chi connectivity index (χ4n) is 2.36. The van der Waals surface area contributed by atoms with Crippen LogP contribution < -0.4 is 5.32 Å². The lowest BCUT2D eigenvalue weighted by Crippen LogP contribution is -2.23. The Kier molecular flexibility index (Phi) is 5.14. The number of carbonyl (C=O) groups excluding carboxylic acids is 1. The summed E-state index contributed by atoms with van der Waals surface area (Å²) in [5.74, 6) is -0.228. The third-order valence-corrected chi connectivity index (χ3v) is 4.11. The zero-order chi connectivity index (χ0) is 17.8. The number of hydrogen-bond acceptors (Lipinski definition) is 3. The number of nitrogens with zero attached hydrogens (tertiary/aromatic N) is 3. The zero-order valence-electron chi connectivity index (χ0n) is 14.1. The Morgan fingerprint density at radius 1 is 1.08 bits per heavy atom. The molecule has 1 amide bonds. The number of aromatic nitrogens is 3. The fourth-order valence-corrected chi connectivity index (χ4v) is 2.49. The number of amides is 1. The predicted octanol–water partition coefficient (Wildman–Crippen LogP) is 4.11. The summed E-state index contributed by atoms with van der Waals surface area (Å²) in [6, 6.07) is 15.9. The molecule has 2 aromatic carbocycles. The number of nitrogens with one attached hydrogen (secondary N) is 1. The quantitative estimate of drug-likeness (QED) is 0.750. The zero-order valence-corrected chi connectivity index (χ0v) is 14.9. The van der Waals surface area contributed by atoms with E-state index in [9.17, 15) is 4.79 Å². The van der Waals surface area contributed by atoms with E-state index in [0.717, 1.165) is 21.7 Å². The first-order valence-corrected chi connectivity index (χ1v) is 8.45. The number of benzene rings is 2. The summed E-state index contributed by atoms with van der Waals surface area (Å²) >= 11 is 5.91. The maximum atomic E-state index is 12.1. The van der Waals surface area contributed by atoms with Crippen molar-refractivity contribution >= 4 is 17.5 Å². The summed E-state index contributed by atoms with van der Waals surface area (Å²) in [4.78, 5) is 12.1. The molecular weight excluding hydrogens is 336 g/mol. The molecular formula is C19H19ClN4O. The highest BCUT2D eigenvalue weighted by molar-refractivity contribution is 6.30. The van der Waals surface area contributed by atoms with Crippen LogP contribution in [-0.4, -0.2) is 20.9 Å². The second-order valence-corrected chi connectivity index (χ2v) is 6.50. The van der Waals surface area contributed by atoms with E-state index in [2.05, 4.69) is 15.6 Å². The van der Waals surface area contributed by atoms with Crippen LogP contribution >= 0.6 is 11.6 Å². The van der Waals surface area contributed by atoms with Gasteiger partial charge in [-0.3, -0.25) is 4.79 Å². The lowest BCUT2D eigenvalue weighted by Gasteiger charge is -2.06. The Morgan fingerprint density at radius 2 is 1.68 bits per heavy atom. The minimum atomic E-state index is -0.228. The average molecular weight is 355 g/mol. The van der Waals surface area contributed by atoms with Gasteiger partial charge < -0.3 is 5.32 Å². The van der Waals surface area contributed by atoms with Gasteiger partial charge in [-0.05, 0) is 42.7 Å². The molecule has 0 radical (unpaired) electrons. The summed E-state index contributed by atoms with van der Waals surface area (Å²) in [5, 5.41) is 11.4. The van der Waals surface area contributed by atoms with Crippen LogP contribution in [0.25, 0.3) is 11.1 Å². The fraction of sp³-hybridized carbons (Fsp3) is 0.211. The molecule has 25 heavy (non-hydrogen) atoms. The van der Waals surface area contributed by atoms with Crippen molar-refractivity contribution in [2.75, 3.05) is 0 Å². The van der Waals surface area contributed by atoms with E-state index in [1.807, 2.05) is 62.4 Å². The van der Waals surface area contributed by atoms with Gasteiger partial charge in [-0.15, -0.1) is 5.10 Å². The van der Waals surface area contributed by atoms with Crippen LogP contribution in [0.15, 0.2) is 54.7 Å². The second-order valence-electron chi connectivity index (χ2n) is 6.06. The summed E-state index contributed by atoms with van der Waals surface area (Å²) in [7, 11) is 0. The standard InChI is InChI=1S/C19H19ClN4O/c1-13(2)24-12-18(22-23-24)19(25)21-11-14-3-5-15(6-4-14)16-7-9-17(20)10-8-16/h3-10,12-13H,11H2,1-2H3,(H,21,25). The maximum Gasteiger partial charge on any atom is 0.273 e. The van der Waals surface area contributed by atoms with E-state index < -0.39 is 0 Å². The van der Waals surface area contributed by atoms with Crippen molar-refractivity contribution < 1.29 is 4.79 Å². The molecule has 3 aromatic rings. The molecule has 1 N–H and O–H groups in total. The van der Waals surface area contributed by atoms with E-state index in [0.29, 0.717) is 12.2 Å². The topological polar surface area (TPSA) is 59.8 Å². The van der Waals surface area contributed by atoms with Gasteiger partial charge in [-0.2, -0.15) is 0 Å². The summed E-state index contributed by atoms with van der Waals surface area (Å²) < 4.78 is 1.66. The molecule has 0 spiro atoms. The lowest BCUT2D eigenvalue weighted by atomic mass is 10.0. The van der Waals surface area contributed by atoms with Gasteiger partial charge in [0.05, 0.1) is 6.20 Å². The smallest absolute Gasteiger partial charge is 0.273 e. The number of halogens is 1. The highest BCUT2D eigenvalue weighted by atomic mass is 35.5. The molecule has 5 nitrogen and oxygen atoms in total. The van der Waals surface area contributed by atoms with Crippen molar-refractivity contribution in [2.24, 2.45) is 0 Å².